The first-order chi connectivity index (χ1) is 13.7. The molecule has 0 bridgehead atoms. The summed E-state index contributed by atoms with van der Waals surface area (Å²) in [6.45, 7) is 0. The van der Waals surface area contributed by atoms with Gasteiger partial charge in [0.15, 0.2) is 5.65 Å². The van der Waals surface area contributed by atoms with Gasteiger partial charge in [0.2, 0.25) is 0 Å². The lowest BCUT2D eigenvalue weighted by atomic mass is 9.91. The second-order valence-electron chi connectivity index (χ2n) is 7.98. The Kier molecular flexibility index (Phi) is 4.33. The maximum Gasteiger partial charge on any atom is 0.267 e. The Morgan fingerprint density at radius 1 is 1.11 bits per heavy atom. The molecule has 2 aliphatic rings. The number of rotatable bonds is 3. The van der Waals surface area contributed by atoms with Crippen LogP contribution in [0.3, 0.4) is 0 Å². The number of aromatic nitrogens is 6. The van der Waals surface area contributed by atoms with Crippen LogP contribution in [0.1, 0.15) is 55.8 Å². The molecule has 8 nitrogen and oxygen atoms in total. The molecule has 0 unspecified atom stereocenters. The minimum Gasteiger partial charge on any atom is -0.367 e. The zero-order valence-electron chi connectivity index (χ0n) is 16.1. The summed E-state index contributed by atoms with van der Waals surface area (Å²) in [4.78, 5) is 21.3. The quantitative estimate of drug-likeness (QED) is 0.751. The van der Waals surface area contributed by atoms with E-state index < -0.39 is 0 Å². The normalized spacial score (nSPS) is 22.2. The first-order valence-corrected chi connectivity index (χ1v) is 10.2. The Morgan fingerprint density at radius 3 is 2.79 bits per heavy atom. The largest absolute Gasteiger partial charge is 0.367 e. The predicted octanol–water partition coefficient (Wildman–Crippen LogP) is 2.39. The fourth-order valence-corrected chi connectivity index (χ4v) is 4.57. The fraction of sp³-hybridized carbons (Fsp3) is 0.550. The molecule has 0 atom stereocenters. The summed E-state index contributed by atoms with van der Waals surface area (Å²) >= 11 is 0. The van der Waals surface area contributed by atoms with E-state index in [0.29, 0.717) is 6.04 Å². The van der Waals surface area contributed by atoms with Crippen molar-refractivity contribution in [2.75, 3.05) is 5.32 Å². The molecule has 0 spiro atoms. The molecular formula is C20H25N7O. The molecule has 3 aromatic heterocycles. The highest BCUT2D eigenvalue weighted by molar-refractivity contribution is 5.86. The van der Waals surface area contributed by atoms with Crippen molar-refractivity contribution in [3.63, 3.8) is 0 Å². The number of nitrogens with one attached hydrogen (secondary N) is 1. The summed E-state index contributed by atoms with van der Waals surface area (Å²) in [6.07, 6.45) is 11.6. The Balaban J connectivity index is 1.29. The highest BCUT2D eigenvalue weighted by Crippen LogP contribution is 2.30. The van der Waals surface area contributed by atoms with Crippen molar-refractivity contribution in [2.45, 2.75) is 63.5 Å². The van der Waals surface area contributed by atoms with Gasteiger partial charge in [0.1, 0.15) is 12.1 Å². The van der Waals surface area contributed by atoms with Crippen LogP contribution in [0.2, 0.25) is 0 Å². The molecule has 0 amide bonds. The maximum absolute atomic E-state index is 12.6. The lowest BCUT2D eigenvalue weighted by molar-refractivity contribution is 0.300. The topological polar surface area (TPSA) is 90.5 Å². The van der Waals surface area contributed by atoms with Crippen molar-refractivity contribution in [1.82, 2.24) is 29.5 Å². The van der Waals surface area contributed by atoms with Crippen LogP contribution in [0.25, 0.3) is 11.0 Å². The van der Waals surface area contributed by atoms with E-state index in [1.807, 2.05) is 13.1 Å². The Morgan fingerprint density at radius 2 is 1.93 bits per heavy atom. The SMILES string of the molecule is Cn1ncc2c(NC3CCC(n4nc5c(cc4=O)CCCC5)CC3)ncnc21. The van der Waals surface area contributed by atoms with Gasteiger partial charge in [0, 0.05) is 19.2 Å². The lowest BCUT2D eigenvalue weighted by Crippen LogP contribution is -2.34. The summed E-state index contributed by atoms with van der Waals surface area (Å²) < 4.78 is 3.51. The highest BCUT2D eigenvalue weighted by Gasteiger charge is 2.25. The average molecular weight is 379 g/mol. The van der Waals surface area contributed by atoms with Crippen molar-refractivity contribution in [1.29, 1.82) is 0 Å². The van der Waals surface area contributed by atoms with Crippen LogP contribution in [-0.4, -0.2) is 35.6 Å². The molecule has 0 radical (unpaired) electrons. The van der Waals surface area contributed by atoms with Gasteiger partial charge in [-0.2, -0.15) is 10.2 Å². The van der Waals surface area contributed by atoms with Gasteiger partial charge in [-0.1, -0.05) is 0 Å². The predicted molar refractivity (Wildman–Crippen MR) is 106 cm³/mol. The number of hydrogen-bond donors (Lipinski definition) is 1. The Bertz CT molecular complexity index is 1060. The maximum atomic E-state index is 12.6. The van der Waals surface area contributed by atoms with E-state index in [1.165, 1.54) is 12.8 Å². The monoisotopic (exact) mass is 379 g/mol. The van der Waals surface area contributed by atoms with E-state index in [1.54, 1.807) is 21.9 Å². The van der Waals surface area contributed by atoms with Crippen molar-refractivity contribution in [3.8, 4) is 0 Å². The highest BCUT2D eigenvalue weighted by atomic mass is 16.1. The second-order valence-corrected chi connectivity index (χ2v) is 7.98. The summed E-state index contributed by atoms with van der Waals surface area (Å²) in [5, 5.41) is 13.5. The third-order valence-corrected chi connectivity index (χ3v) is 6.15. The minimum absolute atomic E-state index is 0.0601. The van der Waals surface area contributed by atoms with Crippen molar-refractivity contribution < 1.29 is 0 Å². The molecule has 1 saturated carbocycles. The summed E-state index contributed by atoms with van der Waals surface area (Å²) in [7, 11) is 1.88. The van der Waals surface area contributed by atoms with E-state index in [9.17, 15) is 4.79 Å². The molecule has 0 aliphatic heterocycles. The standard InChI is InChI=1S/C20H25N7O/c1-26-20-16(11-23-26)19(21-12-22-20)24-14-6-8-15(9-7-14)27-18(28)10-13-4-2-3-5-17(13)25-27/h10-12,14-15H,2-9H2,1H3,(H,21,22,24). The molecule has 28 heavy (non-hydrogen) atoms. The second kappa shape index (κ2) is 7.00. The molecule has 1 N–H and O–H groups in total. The zero-order valence-corrected chi connectivity index (χ0v) is 16.1. The van der Waals surface area contributed by atoms with E-state index in [0.717, 1.165) is 66.6 Å². The third-order valence-electron chi connectivity index (χ3n) is 6.15. The Labute approximate surface area is 163 Å². The first-order valence-electron chi connectivity index (χ1n) is 10.2. The van der Waals surface area contributed by atoms with Crippen molar-refractivity contribution in [3.05, 3.63) is 40.2 Å². The molecule has 0 saturated heterocycles. The van der Waals surface area contributed by atoms with Crippen LogP contribution in [0, 0.1) is 0 Å². The summed E-state index contributed by atoms with van der Waals surface area (Å²) in [5.41, 5.74) is 3.18. The smallest absolute Gasteiger partial charge is 0.267 e. The van der Waals surface area contributed by atoms with Gasteiger partial charge in [-0.15, -0.1) is 0 Å². The van der Waals surface area contributed by atoms with Gasteiger partial charge in [-0.05, 0) is 56.9 Å². The van der Waals surface area contributed by atoms with Crippen LogP contribution in [0.5, 0.6) is 0 Å². The molecule has 1 fully saturated rings. The van der Waals surface area contributed by atoms with Gasteiger partial charge in [-0.3, -0.25) is 9.48 Å². The Hall–Kier alpha value is -2.77. The average Bonchev–Trinajstić information content (AvgIpc) is 3.10. The van der Waals surface area contributed by atoms with Crippen LogP contribution in [0.15, 0.2) is 23.4 Å². The fourth-order valence-electron chi connectivity index (χ4n) is 4.57. The van der Waals surface area contributed by atoms with Crippen molar-refractivity contribution >= 4 is 16.9 Å². The number of aryl methyl sites for hydroxylation is 3. The van der Waals surface area contributed by atoms with Crippen molar-refractivity contribution in [2.24, 2.45) is 7.05 Å². The third kappa shape index (κ3) is 3.06. The summed E-state index contributed by atoms with van der Waals surface area (Å²) in [6, 6.07) is 2.36. The molecule has 8 heteroatoms. The van der Waals surface area contributed by atoms with Crippen LogP contribution >= 0.6 is 0 Å². The molecule has 146 valence electrons. The number of anilines is 1. The van der Waals surface area contributed by atoms with Gasteiger partial charge in [0.25, 0.3) is 5.56 Å². The number of hydrogen-bond acceptors (Lipinski definition) is 6. The van der Waals surface area contributed by atoms with Crippen LogP contribution in [0.4, 0.5) is 5.82 Å². The van der Waals surface area contributed by atoms with E-state index in [2.05, 4.69) is 20.4 Å². The van der Waals surface area contributed by atoms with E-state index >= 15 is 0 Å². The van der Waals surface area contributed by atoms with Gasteiger partial charge >= 0.3 is 0 Å². The summed E-state index contributed by atoms with van der Waals surface area (Å²) in [5.74, 6) is 0.839. The number of fused-ring (bicyclic) bond motifs is 2. The molecule has 2 aliphatic carbocycles. The molecule has 3 heterocycles. The van der Waals surface area contributed by atoms with Gasteiger partial charge < -0.3 is 5.32 Å². The van der Waals surface area contributed by atoms with Gasteiger partial charge in [-0.25, -0.2) is 14.6 Å². The van der Waals surface area contributed by atoms with Crippen LogP contribution < -0.4 is 10.9 Å². The van der Waals surface area contributed by atoms with E-state index in [-0.39, 0.29) is 11.6 Å². The minimum atomic E-state index is 0.0601. The lowest BCUT2D eigenvalue weighted by Gasteiger charge is -2.30. The van der Waals surface area contributed by atoms with Gasteiger partial charge in [0.05, 0.1) is 23.3 Å². The molecule has 0 aromatic carbocycles. The van der Waals surface area contributed by atoms with Crippen LogP contribution in [-0.2, 0) is 19.9 Å². The first kappa shape index (κ1) is 17.3. The van der Waals surface area contributed by atoms with E-state index in [4.69, 9.17) is 5.10 Å². The number of nitrogens with zero attached hydrogens (tertiary/aromatic N) is 6. The molecule has 3 aromatic rings. The molecule has 5 rings (SSSR count). The zero-order chi connectivity index (χ0) is 19.1. The molecular weight excluding hydrogens is 354 g/mol.